The fraction of sp³-hybridized carbons (Fsp3) is 0.400. The van der Waals surface area contributed by atoms with Crippen molar-refractivity contribution >= 4 is 5.69 Å². The number of nitrogens with zero attached hydrogens (tertiary/aromatic N) is 3. The van der Waals surface area contributed by atoms with E-state index >= 15 is 0 Å². The van der Waals surface area contributed by atoms with Crippen LogP contribution in [0.25, 0.3) is 0 Å². The molecule has 1 aromatic heterocycles. The average molecular weight is 256 g/mol. The Hall–Kier alpha value is -1.81. The summed E-state index contributed by atoms with van der Waals surface area (Å²) in [5, 5.41) is 3.50. The van der Waals surface area contributed by atoms with Gasteiger partial charge in [0.1, 0.15) is 5.82 Å². The maximum atomic E-state index is 4.38. The summed E-state index contributed by atoms with van der Waals surface area (Å²) in [4.78, 5) is 6.68. The van der Waals surface area contributed by atoms with Crippen LogP contribution < -0.4 is 5.32 Å². The number of anilines is 1. The minimum Gasteiger partial charge on any atom is -0.384 e. The maximum Gasteiger partial charge on any atom is 0.122 e. The molecule has 0 aliphatic carbocycles. The van der Waals surface area contributed by atoms with Crippen molar-refractivity contribution in [2.45, 2.75) is 19.5 Å². The van der Waals surface area contributed by atoms with Gasteiger partial charge in [-0.15, -0.1) is 0 Å². The highest BCUT2D eigenvalue weighted by Gasteiger charge is 2.15. The number of imidazole rings is 1. The number of hydrogen-bond donors (Lipinski definition) is 1. The van der Waals surface area contributed by atoms with Gasteiger partial charge in [-0.2, -0.15) is 0 Å². The number of rotatable bonds is 4. The van der Waals surface area contributed by atoms with E-state index in [0.29, 0.717) is 0 Å². The fourth-order valence-corrected chi connectivity index (χ4v) is 2.68. The summed E-state index contributed by atoms with van der Waals surface area (Å²) in [6.45, 7) is 2.88. The third-order valence-electron chi connectivity index (χ3n) is 3.71. The van der Waals surface area contributed by atoms with E-state index < -0.39 is 0 Å². The van der Waals surface area contributed by atoms with E-state index in [9.17, 15) is 0 Å². The number of hydrogen-bond acceptors (Lipinski definition) is 3. The van der Waals surface area contributed by atoms with Gasteiger partial charge in [-0.3, -0.25) is 4.90 Å². The smallest absolute Gasteiger partial charge is 0.122 e. The zero-order valence-corrected chi connectivity index (χ0v) is 11.6. The zero-order valence-electron chi connectivity index (χ0n) is 11.6. The van der Waals surface area contributed by atoms with E-state index in [2.05, 4.69) is 45.0 Å². The standard InChI is InChI=1S/C15H20N4/c1-18(11-14-16-8-9-19(14)2)10-13-5-3-4-12-6-7-17-15(12)13/h3-5,8-9,17H,6-7,10-11H2,1-2H3. The second kappa shape index (κ2) is 5.05. The summed E-state index contributed by atoms with van der Waals surface area (Å²) in [6.07, 6.45) is 4.99. The first-order valence-corrected chi connectivity index (χ1v) is 6.73. The van der Waals surface area contributed by atoms with Crippen LogP contribution in [0.15, 0.2) is 30.6 Å². The summed E-state index contributed by atoms with van der Waals surface area (Å²) >= 11 is 0. The Kier molecular flexibility index (Phi) is 3.25. The van der Waals surface area contributed by atoms with Gasteiger partial charge in [0.15, 0.2) is 0 Å². The molecule has 0 amide bonds. The maximum absolute atomic E-state index is 4.38. The van der Waals surface area contributed by atoms with Gasteiger partial charge in [0.05, 0.1) is 6.54 Å². The second-order valence-corrected chi connectivity index (χ2v) is 5.25. The highest BCUT2D eigenvalue weighted by Crippen LogP contribution is 2.27. The van der Waals surface area contributed by atoms with Crippen molar-refractivity contribution in [3.8, 4) is 0 Å². The molecule has 3 rings (SSSR count). The number of para-hydroxylation sites is 1. The molecule has 100 valence electrons. The Morgan fingerprint density at radius 1 is 1.37 bits per heavy atom. The molecule has 1 aliphatic rings. The van der Waals surface area contributed by atoms with Crippen LogP contribution in [0.2, 0.25) is 0 Å². The van der Waals surface area contributed by atoms with Crippen molar-refractivity contribution in [3.63, 3.8) is 0 Å². The minimum atomic E-state index is 0.868. The first kappa shape index (κ1) is 12.2. The van der Waals surface area contributed by atoms with Gasteiger partial charge in [-0.25, -0.2) is 4.98 Å². The molecular weight excluding hydrogens is 236 g/mol. The zero-order chi connectivity index (χ0) is 13.2. The van der Waals surface area contributed by atoms with Crippen molar-refractivity contribution in [3.05, 3.63) is 47.5 Å². The van der Waals surface area contributed by atoms with E-state index in [-0.39, 0.29) is 0 Å². The Labute approximate surface area is 114 Å². The average Bonchev–Trinajstić information content (AvgIpc) is 3.00. The Balaban J connectivity index is 1.72. The van der Waals surface area contributed by atoms with Crippen LogP contribution in [-0.2, 0) is 26.6 Å². The molecule has 4 nitrogen and oxygen atoms in total. The lowest BCUT2D eigenvalue weighted by atomic mass is 10.1. The predicted molar refractivity (Wildman–Crippen MR) is 77.0 cm³/mol. The lowest BCUT2D eigenvalue weighted by Gasteiger charge is -2.18. The van der Waals surface area contributed by atoms with Crippen LogP contribution >= 0.6 is 0 Å². The summed E-state index contributed by atoms with van der Waals surface area (Å²) < 4.78 is 2.07. The first-order valence-electron chi connectivity index (χ1n) is 6.73. The van der Waals surface area contributed by atoms with Gasteiger partial charge in [0, 0.05) is 38.2 Å². The monoisotopic (exact) mass is 256 g/mol. The van der Waals surface area contributed by atoms with Gasteiger partial charge in [0.25, 0.3) is 0 Å². The second-order valence-electron chi connectivity index (χ2n) is 5.25. The largest absolute Gasteiger partial charge is 0.384 e. The Morgan fingerprint density at radius 2 is 2.26 bits per heavy atom. The number of benzene rings is 1. The normalized spacial score (nSPS) is 13.6. The van der Waals surface area contributed by atoms with E-state index in [1.165, 1.54) is 16.8 Å². The highest BCUT2D eigenvalue weighted by molar-refractivity contribution is 5.61. The van der Waals surface area contributed by atoms with Crippen LogP contribution in [0, 0.1) is 0 Å². The SMILES string of the molecule is CN(Cc1cccc2c1NCC2)Cc1nccn1C. The van der Waals surface area contributed by atoms with Gasteiger partial charge in [-0.1, -0.05) is 18.2 Å². The molecule has 1 aromatic carbocycles. The first-order chi connectivity index (χ1) is 9.24. The van der Waals surface area contributed by atoms with Crippen LogP contribution in [-0.4, -0.2) is 28.0 Å². The molecule has 0 bridgehead atoms. The van der Waals surface area contributed by atoms with Gasteiger partial charge >= 0.3 is 0 Å². The fourth-order valence-electron chi connectivity index (χ4n) is 2.68. The van der Waals surface area contributed by atoms with Crippen LogP contribution in [0.4, 0.5) is 5.69 Å². The van der Waals surface area contributed by atoms with Crippen molar-refractivity contribution < 1.29 is 0 Å². The lowest BCUT2D eigenvalue weighted by Crippen LogP contribution is -2.20. The Bertz CT molecular complexity index is 573. The van der Waals surface area contributed by atoms with Crippen molar-refractivity contribution in [1.29, 1.82) is 0 Å². The topological polar surface area (TPSA) is 33.1 Å². The molecule has 4 heteroatoms. The third-order valence-corrected chi connectivity index (χ3v) is 3.71. The van der Waals surface area contributed by atoms with E-state index in [1.54, 1.807) is 0 Å². The van der Waals surface area contributed by atoms with E-state index in [1.807, 2.05) is 19.4 Å². The van der Waals surface area contributed by atoms with Crippen LogP contribution in [0.1, 0.15) is 17.0 Å². The van der Waals surface area contributed by atoms with Crippen molar-refractivity contribution in [2.24, 2.45) is 7.05 Å². The molecule has 0 radical (unpaired) electrons. The van der Waals surface area contributed by atoms with E-state index in [4.69, 9.17) is 0 Å². The summed E-state index contributed by atoms with van der Waals surface area (Å²) in [7, 11) is 4.18. The molecular formula is C15H20N4. The molecule has 0 atom stereocenters. The highest BCUT2D eigenvalue weighted by atomic mass is 15.1. The molecule has 2 aromatic rings. The van der Waals surface area contributed by atoms with Crippen molar-refractivity contribution in [2.75, 3.05) is 18.9 Å². The van der Waals surface area contributed by atoms with Gasteiger partial charge < -0.3 is 9.88 Å². The third kappa shape index (κ3) is 2.49. The molecule has 0 spiro atoms. The number of aromatic nitrogens is 2. The molecule has 1 N–H and O–H groups in total. The summed E-state index contributed by atoms with van der Waals surface area (Å²) in [5.74, 6) is 1.10. The molecule has 1 aliphatic heterocycles. The minimum absolute atomic E-state index is 0.868. The van der Waals surface area contributed by atoms with Crippen molar-refractivity contribution in [1.82, 2.24) is 14.5 Å². The van der Waals surface area contributed by atoms with Gasteiger partial charge in [0.2, 0.25) is 0 Å². The molecule has 0 fully saturated rings. The van der Waals surface area contributed by atoms with E-state index in [0.717, 1.165) is 31.9 Å². The molecule has 0 unspecified atom stereocenters. The molecule has 2 heterocycles. The van der Waals surface area contributed by atoms with Crippen LogP contribution in [0.5, 0.6) is 0 Å². The predicted octanol–water partition coefficient (Wildman–Crippen LogP) is 2.02. The summed E-state index contributed by atoms with van der Waals surface area (Å²) in [6, 6.07) is 6.60. The van der Waals surface area contributed by atoms with Crippen LogP contribution in [0.3, 0.4) is 0 Å². The molecule has 0 saturated carbocycles. The summed E-state index contributed by atoms with van der Waals surface area (Å²) in [5.41, 5.74) is 4.17. The molecule has 0 saturated heterocycles. The van der Waals surface area contributed by atoms with Gasteiger partial charge in [-0.05, 0) is 24.6 Å². The number of nitrogens with one attached hydrogen (secondary N) is 1. The quantitative estimate of drug-likeness (QED) is 0.908. The lowest BCUT2D eigenvalue weighted by molar-refractivity contribution is 0.307. The number of aryl methyl sites for hydroxylation is 1. The molecule has 19 heavy (non-hydrogen) atoms. The number of fused-ring (bicyclic) bond motifs is 1. The Morgan fingerprint density at radius 3 is 3.05 bits per heavy atom.